The number of nitrogens with zero attached hydrogens (tertiary/aromatic N) is 2. The first kappa shape index (κ1) is 42.0. The third-order valence-corrected chi connectivity index (χ3v) is 12.5. The maximum atomic E-state index is 5.63. The number of aryl methyl sites for hydroxylation is 12. The molecule has 2 aliphatic heterocycles. The molecule has 0 aliphatic carbocycles. The van der Waals surface area contributed by atoms with Gasteiger partial charge in [-0.15, -0.1) is 22.1 Å². The van der Waals surface area contributed by atoms with Gasteiger partial charge in [0, 0.05) is 46.6 Å². The number of H-pyrrole nitrogens is 2. The van der Waals surface area contributed by atoms with Crippen LogP contribution in [0.4, 0.5) is 0 Å². The van der Waals surface area contributed by atoms with Gasteiger partial charge in [0.05, 0.1) is 0 Å². The van der Waals surface area contributed by atoms with Crippen molar-refractivity contribution in [3.63, 3.8) is 0 Å². The number of fused-ring (bicyclic) bond motifs is 8. The molecule has 0 fully saturated rings. The summed E-state index contributed by atoms with van der Waals surface area (Å²) in [5, 5.41) is 0. The molecule has 298 valence electrons. The largest absolute Gasteiger partial charge is 2.00 e. The first-order valence-electron chi connectivity index (χ1n) is 21.2. The fourth-order valence-corrected chi connectivity index (χ4v) is 10.6. The van der Waals surface area contributed by atoms with Crippen LogP contribution in [0.25, 0.3) is 90.9 Å². The van der Waals surface area contributed by atoms with Crippen LogP contribution >= 0.6 is 0 Å². The zero-order valence-corrected chi connectivity index (χ0v) is 39.3. The van der Waals surface area contributed by atoms with Crippen molar-refractivity contribution in [2.75, 3.05) is 0 Å². The number of benzene rings is 4. The molecule has 0 saturated heterocycles. The smallest absolute Gasteiger partial charge is 0.656 e. The molecule has 8 bridgehead atoms. The number of aromatic amines is 2. The van der Waals surface area contributed by atoms with E-state index in [-0.39, 0.29) is 23.1 Å². The molecule has 3 aromatic heterocycles. The molecule has 5 heteroatoms. The number of hydrogen-bond acceptors (Lipinski definition) is 0. The van der Waals surface area contributed by atoms with Crippen LogP contribution in [-0.4, -0.2) is 23.1 Å². The minimum Gasteiger partial charge on any atom is -0.656 e. The Bertz CT molecular complexity index is 2710. The minimum absolute atomic E-state index is 0. The Balaban J connectivity index is 0.00000514. The van der Waals surface area contributed by atoms with E-state index in [9.17, 15) is 0 Å². The Morgan fingerprint density at radius 1 is 0.279 bits per heavy atom. The van der Waals surface area contributed by atoms with Crippen LogP contribution in [0, 0.1) is 83.1 Å². The number of aromatic nitrogens is 4. The van der Waals surface area contributed by atoms with Gasteiger partial charge in [0.1, 0.15) is 0 Å². The molecule has 0 saturated carbocycles. The molecule has 5 heterocycles. The van der Waals surface area contributed by atoms with Crippen molar-refractivity contribution < 1.29 is 9.97 Å². The van der Waals surface area contributed by atoms with Crippen molar-refractivity contribution >= 4 is 69.4 Å². The normalized spacial score (nSPS) is 12.0. The molecule has 0 atom stereocenters. The van der Waals surface area contributed by atoms with E-state index in [0.717, 1.165) is 67.1 Å². The molecular formula is C56H54MgN4+2. The first-order valence-corrected chi connectivity index (χ1v) is 21.2. The maximum absolute atomic E-state index is 5.63. The molecule has 2 aliphatic rings. The van der Waals surface area contributed by atoms with Crippen molar-refractivity contribution in [1.82, 2.24) is 9.97 Å². The minimum atomic E-state index is 0. The topological polar surface area (TPSA) is 56.5 Å². The van der Waals surface area contributed by atoms with Crippen LogP contribution < -0.4 is 19.9 Å². The Morgan fingerprint density at radius 3 is 0.639 bits per heavy atom. The molecule has 61 heavy (non-hydrogen) atoms. The zero-order valence-electron chi connectivity index (χ0n) is 37.8. The molecule has 0 unspecified atom stereocenters. The van der Waals surface area contributed by atoms with Gasteiger partial charge in [-0.3, -0.25) is 0 Å². The maximum Gasteiger partial charge on any atom is 2.00 e. The van der Waals surface area contributed by atoms with E-state index in [4.69, 9.17) is 9.97 Å². The summed E-state index contributed by atoms with van der Waals surface area (Å²) in [5.74, 6) is 0. The summed E-state index contributed by atoms with van der Waals surface area (Å²) in [4.78, 5) is 19.2. The molecular weight excluding hydrogens is 753 g/mol. The number of hydrogen-bond donors (Lipinski definition) is 0. The third kappa shape index (κ3) is 7.32. The van der Waals surface area contributed by atoms with Gasteiger partial charge in [-0.05, 0) is 150 Å². The van der Waals surface area contributed by atoms with E-state index in [1.54, 1.807) is 0 Å². The average Bonchev–Trinajstić information content (AvgIpc) is 3.99. The zero-order chi connectivity index (χ0) is 42.3. The van der Waals surface area contributed by atoms with Crippen molar-refractivity contribution in [2.45, 2.75) is 83.1 Å². The fraction of sp³-hybridized carbons (Fsp3) is 0.214. The van der Waals surface area contributed by atoms with Crippen LogP contribution in [0.1, 0.15) is 89.5 Å². The molecule has 2 N–H and O–H groups in total. The van der Waals surface area contributed by atoms with E-state index in [1.807, 2.05) is 0 Å². The predicted molar refractivity (Wildman–Crippen MR) is 259 cm³/mol. The number of rotatable bonds is 4. The Morgan fingerprint density at radius 2 is 0.459 bits per heavy atom. The van der Waals surface area contributed by atoms with Gasteiger partial charge in [0.2, 0.25) is 22.8 Å². The summed E-state index contributed by atoms with van der Waals surface area (Å²) in [7, 11) is 0. The predicted octanol–water partition coefficient (Wildman–Crippen LogP) is 12.7. The second-order valence-electron chi connectivity index (χ2n) is 17.6. The summed E-state index contributed by atoms with van der Waals surface area (Å²) >= 11 is 0. The van der Waals surface area contributed by atoms with Gasteiger partial charge >= 0.3 is 23.1 Å². The van der Waals surface area contributed by atoms with Crippen molar-refractivity contribution in [3.8, 4) is 44.5 Å². The SMILES string of the molecule is Cc1cc(C)c(-c2c3[nH+]c(c(-c4c(C)cc(C)cc4C)c4ccc([n-]4)c(-c4c(C)cc(C)cc4C)c4[nH+]c(c(-c5c(C)cc(C)cc5C)c5ccc2[n-]5)C=C4)C=C3)c(C)c1.[Mg+2]. The van der Waals surface area contributed by atoms with Crippen LogP contribution in [0.2, 0.25) is 0 Å². The Labute approximate surface area is 377 Å². The molecule has 9 rings (SSSR count). The molecule has 4 nitrogen and oxygen atoms in total. The second-order valence-corrected chi connectivity index (χ2v) is 17.6. The van der Waals surface area contributed by atoms with Crippen molar-refractivity contribution in [3.05, 3.63) is 162 Å². The van der Waals surface area contributed by atoms with Gasteiger partial charge in [0.25, 0.3) is 0 Å². The summed E-state index contributed by atoms with van der Waals surface area (Å²) in [6, 6.07) is 27.2. The van der Waals surface area contributed by atoms with E-state index in [1.165, 1.54) is 89.0 Å². The van der Waals surface area contributed by atoms with Gasteiger partial charge in [-0.1, -0.05) is 95.1 Å². The standard InChI is InChI=1S/C56H52N4.Mg/c1-29-21-33(5)49(34(6)22-29)53-41-13-15-43(57-41)54(50-35(7)23-30(2)24-36(50)8)45-17-19-47(59-45)56(52-39(11)27-32(4)28-40(52)12)48-20-18-46(60-48)55(44-16-14-42(53)58-44)51-37(9)25-31(3)26-38(51)10;/h13-28H,1-12H3;/q-2;+2/p+2. The van der Waals surface area contributed by atoms with Crippen LogP contribution in [0.15, 0.2) is 72.8 Å². The molecule has 0 spiro atoms. The third-order valence-electron chi connectivity index (χ3n) is 12.5. The van der Waals surface area contributed by atoms with E-state index < -0.39 is 0 Å². The van der Waals surface area contributed by atoms with E-state index >= 15 is 0 Å². The van der Waals surface area contributed by atoms with E-state index in [0.29, 0.717) is 0 Å². The van der Waals surface area contributed by atoms with Gasteiger partial charge in [-0.25, -0.2) is 9.97 Å². The average molecular weight is 807 g/mol. The molecule has 0 amide bonds. The van der Waals surface area contributed by atoms with Gasteiger partial charge in [0.15, 0.2) is 0 Å². The quantitative estimate of drug-likeness (QED) is 0.166. The van der Waals surface area contributed by atoms with Crippen LogP contribution in [-0.2, 0) is 0 Å². The summed E-state index contributed by atoms with van der Waals surface area (Å²) in [6.45, 7) is 26.5. The monoisotopic (exact) mass is 806 g/mol. The van der Waals surface area contributed by atoms with Crippen LogP contribution in [0.5, 0.6) is 0 Å². The molecule has 0 radical (unpaired) electrons. The molecule has 7 aromatic rings. The van der Waals surface area contributed by atoms with Gasteiger partial charge < -0.3 is 9.97 Å². The van der Waals surface area contributed by atoms with Crippen molar-refractivity contribution in [1.29, 1.82) is 0 Å². The van der Waals surface area contributed by atoms with Crippen LogP contribution in [0.3, 0.4) is 0 Å². The first-order chi connectivity index (χ1) is 28.7. The van der Waals surface area contributed by atoms with Crippen molar-refractivity contribution in [2.24, 2.45) is 0 Å². The van der Waals surface area contributed by atoms with E-state index in [2.05, 4.69) is 190 Å². The fourth-order valence-electron chi connectivity index (χ4n) is 10.6. The number of nitrogens with one attached hydrogen (secondary N) is 2. The summed E-state index contributed by atoms with van der Waals surface area (Å²) in [5.41, 5.74) is 31.8. The molecule has 4 aromatic carbocycles. The Hall–Kier alpha value is -5.75. The second kappa shape index (κ2) is 15.9. The van der Waals surface area contributed by atoms with Gasteiger partial charge in [-0.2, -0.15) is 0 Å². The summed E-state index contributed by atoms with van der Waals surface area (Å²) < 4.78 is 0. The Kier molecular flexibility index (Phi) is 11.0. The summed E-state index contributed by atoms with van der Waals surface area (Å²) in [6.07, 6.45) is 8.96.